The third-order valence-corrected chi connectivity index (χ3v) is 6.32. The topological polar surface area (TPSA) is 83.1 Å². The Morgan fingerprint density at radius 1 is 1.33 bits per heavy atom. The van der Waals surface area contributed by atoms with Gasteiger partial charge in [-0.1, -0.05) is 0 Å². The highest BCUT2D eigenvalue weighted by atomic mass is 16.5. The van der Waals surface area contributed by atoms with Crippen LogP contribution in [0.1, 0.15) is 32.6 Å². The molecule has 0 aromatic carbocycles. The van der Waals surface area contributed by atoms with E-state index in [-0.39, 0.29) is 18.1 Å². The highest BCUT2D eigenvalue weighted by molar-refractivity contribution is 5.75. The van der Waals surface area contributed by atoms with Crippen molar-refractivity contribution in [3.8, 4) is 0 Å². The highest BCUT2D eigenvalue weighted by Gasteiger charge is 2.44. The number of nitrogens with zero attached hydrogens (tertiary/aromatic N) is 3. The van der Waals surface area contributed by atoms with Crippen molar-refractivity contribution in [1.29, 1.82) is 0 Å². The average Bonchev–Trinajstić information content (AvgIpc) is 3.20. The van der Waals surface area contributed by atoms with Crippen molar-refractivity contribution in [2.45, 2.75) is 44.8 Å². The minimum absolute atomic E-state index is 0.0360. The van der Waals surface area contributed by atoms with Gasteiger partial charge in [-0.3, -0.25) is 4.79 Å². The van der Waals surface area contributed by atoms with E-state index in [1.54, 1.807) is 6.92 Å². The SMILES string of the molecule is CC(=O)N[C@@H]1C[C@@H]2CN(c3ncc4cc[nH]c4n3)C[C@@H]2C[C@H]1OCC1CC1. The van der Waals surface area contributed by atoms with Crippen molar-refractivity contribution in [2.75, 3.05) is 24.6 Å². The van der Waals surface area contributed by atoms with Crippen LogP contribution in [-0.4, -0.2) is 52.7 Å². The lowest BCUT2D eigenvalue weighted by Gasteiger charge is -2.38. The largest absolute Gasteiger partial charge is 0.376 e. The zero-order chi connectivity index (χ0) is 18.4. The number of H-pyrrole nitrogens is 1. The van der Waals surface area contributed by atoms with Crippen molar-refractivity contribution < 1.29 is 9.53 Å². The molecule has 5 rings (SSSR count). The van der Waals surface area contributed by atoms with E-state index >= 15 is 0 Å². The zero-order valence-electron chi connectivity index (χ0n) is 15.7. The number of carbonyl (C=O) groups is 1. The number of ether oxygens (including phenoxy) is 1. The van der Waals surface area contributed by atoms with Gasteiger partial charge in [0, 0.05) is 44.4 Å². The van der Waals surface area contributed by atoms with Gasteiger partial charge in [-0.2, -0.15) is 4.98 Å². The second kappa shape index (κ2) is 6.78. The van der Waals surface area contributed by atoms with Crippen LogP contribution in [0.5, 0.6) is 0 Å². The van der Waals surface area contributed by atoms with Gasteiger partial charge in [0.2, 0.25) is 11.9 Å². The first kappa shape index (κ1) is 17.0. The highest BCUT2D eigenvalue weighted by Crippen LogP contribution is 2.39. The number of carbonyl (C=O) groups excluding carboxylic acids is 1. The molecule has 3 heterocycles. The molecule has 0 spiro atoms. The molecule has 27 heavy (non-hydrogen) atoms. The standard InChI is InChI=1S/C20H27N5O2/c1-12(26)23-17-6-15-9-25(20-22-8-14-4-5-21-19(14)24-20)10-16(15)7-18(17)27-11-13-2-3-13/h4-5,8,13,15-18H,2-3,6-7,9-11H2,1H3,(H,23,26)(H,21,22,24)/t15-,16+,17-,18-/m1/s1. The molecule has 0 bridgehead atoms. The smallest absolute Gasteiger partial charge is 0.227 e. The molecular formula is C20H27N5O2. The fraction of sp³-hybridized carbons (Fsp3) is 0.650. The van der Waals surface area contributed by atoms with E-state index < -0.39 is 0 Å². The van der Waals surface area contributed by atoms with Crippen LogP contribution in [0.4, 0.5) is 5.95 Å². The maximum absolute atomic E-state index is 11.7. The molecule has 3 aliphatic rings. The number of hydrogen-bond acceptors (Lipinski definition) is 5. The summed E-state index contributed by atoms with van der Waals surface area (Å²) in [6.07, 6.45) is 8.46. The maximum Gasteiger partial charge on any atom is 0.227 e. The molecule has 0 radical (unpaired) electrons. The molecule has 7 heteroatoms. The molecule has 2 saturated carbocycles. The lowest BCUT2D eigenvalue weighted by Crippen LogP contribution is -2.50. The average molecular weight is 369 g/mol. The first-order chi connectivity index (χ1) is 13.2. The number of nitrogens with one attached hydrogen (secondary N) is 2. The van der Waals surface area contributed by atoms with E-state index in [1.807, 2.05) is 18.5 Å². The van der Waals surface area contributed by atoms with E-state index in [1.165, 1.54) is 12.8 Å². The van der Waals surface area contributed by atoms with Gasteiger partial charge in [0.05, 0.1) is 12.1 Å². The molecule has 2 N–H and O–H groups in total. The number of rotatable bonds is 5. The predicted molar refractivity (Wildman–Crippen MR) is 102 cm³/mol. The Labute approximate surface area is 158 Å². The molecular weight excluding hydrogens is 342 g/mol. The quantitative estimate of drug-likeness (QED) is 0.843. The summed E-state index contributed by atoms with van der Waals surface area (Å²) >= 11 is 0. The molecule has 1 saturated heterocycles. The summed E-state index contributed by atoms with van der Waals surface area (Å²) in [5.41, 5.74) is 0.886. The normalized spacial score (nSPS) is 30.5. The number of anilines is 1. The van der Waals surface area contributed by atoms with Crippen LogP contribution >= 0.6 is 0 Å². The number of hydrogen-bond donors (Lipinski definition) is 2. The molecule has 2 aromatic rings. The van der Waals surface area contributed by atoms with Gasteiger partial charge in [-0.05, 0) is 49.5 Å². The zero-order valence-corrected chi connectivity index (χ0v) is 15.7. The van der Waals surface area contributed by atoms with E-state index in [4.69, 9.17) is 4.74 Å². The van der Waals surface area contributed by atoms with Crippen molar-refractivity contribution in [1.82, 2.24) is 20.3 Å². The van der Waals surface area contributed by atoms with Gasteiger partial charge in [0.25, 0.3) is 0 Å². The lowest BCUT2D eigenvalue weighted by molar-refractivity contribution is -0.122. The molecule has 144 valence electrons. The maximum atomic E-state index is 11.7. The van der Waals surface area contributed by atoms with Gasteiger partial charge in [0.15, 0.2) is 0 Å². The Kier molecular flexibility index (Phi) is 4.27. The Bertz CT molecular complexity index is 833. The van der Waals surface area contributed by atoms with E-state index in [0.717, 1.165) is 55.4 Å². The van der Waals surface area contributed by atoms with Crippen LogP contribution in [0.3, 0.4) is 0 Å². The van der Waals surface area contributed by atoms with Gasteiger partial charge < -0.3 is 19.9 Å². The summed E-state index contributed by atoms with van der Waals surface area (Å²) in [4.78, 5) is 26.4. The van der Waals surface area contributed by atoms with Gasteiger partial charge in [-0.25, -0.2) is 4.98 Å². The van der Waals surface area contributed by atoms with Crippen LogP contribution in [0, 0.1) is 17.8 Å². The molecule has 2 aromatic heterocycles. The third-order valence-electron chi connectivity index (χ3n) is 6.32. The van der Waals surface area contributed by atoms with Crippen LogP contribution in [-0.2, 0) is 9.53 Å². The molecule has 3 fully saturated rings. The van der Waals surface area contributed by atoms with Gasteiger partial charge in [-0.15, -0.1) is 0 Å². The molecule has 0 unspecified atom stereocenters. The Morgan fingerprint density at radius 2 is 2.15 bits per heavy atom. The van der Waals surface area contributed by atoms with E-state index in [9.17, 15) is 4.79 Å². The summed E-state index contributed by atoms with van der Waals surface area (Å²) in [7, 11) is 0. The van der Waals surface area contributed by atoms with Gasteiger partial charge >= 0.3 is 0 Å². The second-order valence-corrected chi connectivity index (χ2v) is 8.47. The fourth-order valence-electron chi connectivity index (χ4n) is 4.70. The van der Waals surface area contributed by atoms with Crippen molar-refractivity contribution in [2.24, 2.45) is 17.8 Å². The molecule has 1 amide bonds. The van der Waals surface area contributed by atoms with Crippen molar-refractivity contribution in [3.05, 3.63) is 18.5 Å². The summed E-state index contributed by atoms with van der Waals surface area (Å²) in [5.74, 6) is 2.69. The van der Waals surface area contributed by atoms with Crippen molar-refractivity contribution >= 4 is 22.9 Å². The Morgan fingerprint density at radius 3 is 2.93 bits per heavy atom. The minimum Gasteiger partial charge on any atom is -0.376 e. The molecule has 2 aliphatic carbocycles. The Hall–Kier alpha value is -2.15. The summed E-state index contributed by atoms with van der Waals surface area (Å²) in [5, 5.41) is 4.18. The van der Waals surface area contributed by atoms with Crippen molar-refractivity contribution in [3.63, 3.8) is 0 Å². The van der Waals surface area contributed by atoms with E-state index in [0.29, 0.717) is 11.8 Å². The number of fused-ring (bicyclic) bond motifs is 2. The monoisotopic (exact) mass is 369 g/mol. The van der Waals surface area contributed by atoms with Crippen LogP contribution < -0.4 is 10.2 Å². The minimum atomic E-state index is 0.0360. The summed E-state index contributed by atoms with van der Waals surface area (Å²) in [6.45, 7) is 4.36. The summed E-state index contributed by atoms with van der Waals surface area (Å²) in [6, 6.07) is 2.11. The van der Waals surface area contributed by atoms with Crippen LogP contribution in [0.2, 0.25) is 0 Å². The molecule has 4 atom stereocenters. The van der Waals surface area contributed by atoms with E-state index in [2.05, 4.69) is 25.2 Å². The Balaban J connectivity index is 1.30. The number of aromatic nitrogens is 3. The molecule has 7 nitrogen and oxygen atoms in total. The lowest BCUT2D eigenvalue weighted by atomic mass is 9.77. The number of amides is 1. The third kappa shape index (κ3) is 3.52. The summed E-state index contributed by atoms with van der Waals surface area (Å²) < 4.78 is 6.25. The predicted octanol–water partition coefficient (Wildman–Crippen LogP) is 2.10. The molecule has 1 aliphatic heterocycles. The fourth-order valence-corrected chi connectivity index (χ4v) is 4.70. The van der Waals surface area contributed by atoms with Gasteiger partial charge in [0.1, 0.15) is 5.65 Å². The van der Waals surface area contributed by atoms with Crippen LogP contribution in [0.25, 0.3) is 11.0 Å². The number of aromatic amines is 1. The van der Waals surface area contributed by atoms with Crippen LogP contribution in [0.15, 0.2) is 18.5 Å². The second-order valence-electron chi connectivity index (χ2n) is 8.47. The first-order valence-corrected chi connectivity index (χ1v) is 10.1. The first-order valence-electron chi connectivity index (χ1n) is 10.1.